The summed E-state index contributed by atoms with van der Waals surface area (Å²) in [6, 6.07) is 0.378. The summed E-state index contributed by atoms with van der Waals surface area (Å²) in [6.45, 7) is 56.3. The first kappa shape index (κ1) is 125. The van der Waals surface area contributed by atoms with E-state index >= 15 is 0 Å². The first-order chi connectivity index (χ1) is 61.2. The molecule has 0 saturated carbocycles. The summed E-state index contributed by atoms with van der Waals surface area (Å²) in [5, 5.41) is 21.0. The fraction of sp³-hybridized carbons (Fsp3) is 0.862. The summed E-state index contributed by atoms with van der Waals surface area (Å²) in [5.74, 6) is 0.325. The monoisotopic (exact) mass is 2070 g/mol. The van der Waals surface area contributed by atoms with E-state index in [0.29, 0.717) is 104 Å². The number of hydrogen-bond acceptors (Lipinski definition) is 26. The first-order valence-electron chi connectivity index (χ1n) is 47.1. The van der Waals surface area contributed by atoms with Crippen LogP contribution in [0.2, 0.25) is 0 Å². The summed E-state index contributed by atoms with van der Waals surface area (Å²) >= 11 is 9.07. The molecular formula is C87H166N15O19P3S8. The molecule has 6 heterocycles. The summed E-state index contributed by atoms with van der Waals surface area (Å²) in [4.78, 5) is 155. The molecule has 6 saturated heterocycles. The second-order valence-electron chi connectivity index (χ2n) is 38.1. The van der Waals surface area contributed by atoms with Crippen LogP contribution in [0, 0.1) is 29.6 Å². The average molecular weight is 2080 g/mol. The SMILES string of the molecule is CC(C)CCNP(=O)(CCC(C)C)NCCN1C(=O)CC(SC(C)C)C1=O.CC(C)CCNP(=O)(CCNS(=O)(=O)C(C)C)NCCN1C(=O)CC(SC(C)C)C1=O.CC(C)CCP(=O)(NCCN1C(=O)CC(SC(C)C)C1=O)NCCN1C(=O)CC(SC(C)C)C1=O.CC(C)CCS(=O)(=O)NCCN1C(=O)CC(SC(C)C)C1=O.CC(C)NCCN1C(=O)CC(SC(C)C)C1=O. The highest BCUT2D eigenvalue weighted by Crippen LogP contribution is 2.41. The number of carbonyl (C=O) groups is 12. The molecule has 6 rings (SSSR count). The van der Waals surface area contributed by atoms with Crippen LogP contribution < -0.4 is 45.3 Å². The van der Waals surface area contributed by atoms with Gasteiger partial charge in [0.05, 0.1) is 42.5 Å². The van der Waals surface area contributed by atoms with Crippen LogP contribution in [0.4, 0.5) is 0 Å². The minimum absolute atomic E-state index is 0.0146. The maximum absolute atomic E-state index is 13.6. The molecule has 0 aromatic heterocycles. The molecule has 8 unspecified atom stereocenters. The highest BCUT2D eigenvalue weighted by atomic mass is 32.2. The van der Waals surface area contributed by atoms with Gasteiger partial charge in [-0.25, -0.2) is 26.3 Å². The molecule has 0 aliphatic carbocycles. The van der Waals surface area contributed by atoms with Gasteiger partial charge in [-0.1, -0.05) is 166 Å². The third-order valence-corrected chi connectivity index (χ3v) is 38.5. The maximum Gasteiger partial charge on any atom is 0.242 e. The van der Waals surface area contributed by atoms with Crippen molar-refractivity contribution < 1.29 is 88.1 Å². The molecule has 766 valence electrons. The van der Waals surface area contributed by atoms with E-state index in [0.717, 1.165) is 25.7 Å². The van der Waals surface area contributed by atoms with Crippen molar-refractivity contribution in [3.8, 4) is 0 Å². The minimum Gasteiger partial charge on any atom is -0.313 e. The summed E-state index contributed by atoms with van der Waals surface area (Å²) in [7, 11) is -15.7. The first-order valence-corrected chi connectivity index (χ1v) is 61.7. The Morgan fingerprint density at radius 2 is 0.500 bits per heavy atom. The standard InChI is InChI=1S/C23H41N4O5PS2.C19H39N4O5PS2.C19H38N3O3PS.C14H26N2O4S2.C12H22N2O2S/c1-15(2)7-12-33(32,24-8-10-26-20(28)13-18(22(26)30)34-16(3)4)25-9-11-27-21(29)14-19(23(27)31)35-17(5)6;1-14(2)7-8-20-29(26,12-10-22-31(27,28)16(5)6)21-9-11-23-18(24)13-17(19(23)25)30-15(3)4;1-14(2)7-9-20-26(25,12-8-15(3)4)21-10-11-22-18(23)13-17(19(22)24)27-16(5)6;1-10(2)5-8-22(19,20)15-6-7-16-13(17)9-12(14(16)18)21-11(3)4;1-8(2)13-5-6-14-11(15)7-10(12(14)16)17-9(3)4/h15-19H,7-14H2,1-6H3,(H2,24,25,32);14-17,22H,7-13H2,1-6H3,(H2,20,21,26);14-17H,7-13H2,1-6H3,(H2,20,21,25);10-12,15H,5-9H2,1-4H3;8-10,13H,5-7H2,1-4H3. The van der Waals surface area contributed by atoms with Crippen LogP contribution in [-0.2, 0) is 91.3 Å². The number of likely N-dealkylation sites (tertiary alicyclic amines) is 6. The molecule has 6 aliphatic rings. The van der Waals surface area contributed by atoms with Crippen molar-refractivity contribution in [1.82, 2.24) is 74.7 Å². The van der Waals surface area contributed by atoms with E-state index in [2.05, 4.69) is 86.8 Å². The van der Waals surface area contributed by atoms with Gasteiger partial charge in [-0.15, -0.1) is 70.6 Å². The number of imide groups is 6. The molecule has 6 fully saturated rings. The minimum atomic E-state index is -3.45. The molecule has 45 heteroatoms. The predicted octanol–water partition coefficient (Wildman–Crippen LogP) is 11.1. The average Bonchev–Trinajstić information content (AvgIpc) is 1.71. The Hall–Kier alpha value is -2.83. The van der Waals surface area contributed by atoms with Gasteiger partial charge in [0.2, 0.25) is 113 Å². The van der Waals surface area contributed by atoms with Crippen molar-refractivity contribution in [3.63, 3.8) is 0 Å². The van der Waals surface area contributed by atoms with Crippen LogP contribution in [0.25, 0.3) is 0 Å². The predicted molar refractivity (Wildman–Crippen MR) is 547 cm³/mol. The molecule has 34 nitrogen and oxygen atoms in total. The molecule has 8 atom stereocenters. The molecule has 0 bridgehead atoms. The van der Waals surface area contributed by atoms with Crippen molar-refractivity contribution in [2.75, 3.05) is 122 Å². The van der Waals surface area contributed by atoms with Gasteiger partial charge in [-0.05, 0) is 107 Å². The van der Waals surface area contributed by atoms with Crippen LogP contribution in [0.3, 0.4) is 0 Å². The van der Waals surface area contributed by atoms with Crippen molar-refractivity contribution >= 4 is 184 Å². The molecular weight excluding hydrogens is 1910 g/mol. The van der Waals surface area contributed by atoms with Gasteiger partial charge in [0.1, 0.15) is 0 Å². The lowest BCUT2D eigenvalue weighted by atomic mass is 10.1. The molecule has 0 radical (unpaired) electrons. The number of carbonyl (C=O) groups excluding carboxylic acids is 12. The van der Waals surface area contributed by atoms with Crippen molar-refractivity contribution in [2.45, 2.75) is 325 Å². The van der Waals surface area contributed by atoms with Crippen LogP contribution >= 0.6 is 92.9 Å². The van der Waals surface area contributed by atoms with Gasteiger partial charge in [-0.3, -0.25) is 131 Å². The smallest absolute Gasteiger partial charge is 0.242 e. The van der Waals surface area contributed by atoms with Crippen LogP contribution in [0.15, 0.2) is 0 Å². The molecule has 0 spiro atoms. The Bertz CT molecular complexity index is 4020. The Balaban J connectivity index is 0.000000569. The number of rotatable bonds is 58. The van der Waals surface area contributed by atoms with Gasteiger partial charge in [0, 0.05) is 161 Å². The second kappa shape index (κ2) is 61.8. The zero-order chi connectivity index (χ0) is 101. The molecule has 9 N–H and O–H groups in total. The number of nitrogens with one attached hydrogen (secondary N) is 9. The van der Waals surface area contributed by atoms with E-state index in [1.807, 2.05) is 125 Å². The quantitative estimate of drug-likeness (QED) is 0.0202. The van der Waals surface area contributed by atoms with Gasteiger partial charge in [0.15, 0.2) is 0 Å². The van der Waals surface area contributed by atoms with E-state index in [-0.39, 0.29) is 233 Å². The Kier molecular flexibility index (Phi) is 58.6. The van der Waals surface area contributed by atoms with Gasteiger partial charge in [0.25, 0.3) is 0 Å². The second-order valence-corrected chi connectivity index (χ2v) is 60.8. The topological polar surface area (TPSA) is 452 Å². The lowest BCUT2D eigenvalue weighted by Crippen LogP contribution is -2.40. The molecule has 12 amide bonds. The maximum atomic E-state index is 13.6. The number of sulfonamides is 2. The molecule has 132 heavy (non-hydrogen) atoms. The van der Waals surface area contributed by atoms with Crippen LogP contribution in [-0.4, -0.2) is 314 Å². The van der Waals surface area contributed by atoms with E-state index in [9.17, 15) is 88.1 Å². The van der Waals surface area contributed by atoms with Crippen LogP contribution in [0.5, 0.6) is 0 Å². The zero-order valence-corrected chi connectivity index (χ0v) is 92.9. The van der Waals surface area contributed by atoms with E-state index < -0.39 is 47.6 Å². The van der Waals surface area contributed by atoms with E-state index in [1.165, 1.54) is 76.4 Å². The molecule has 0 aromatic carbocycles. The highest BCUT2D eigenvalue weighted by Gasteiger charge is 2.45. The molecule has 0 aromatic rings. The van der Waals surface area contributed by atoms with Gasteiger partial charge in [-0.2, -0.15) is 0 Å². The molecule has 6 aliphatic heterocycles. The third-order valence-electron chi connectivity index (χ3n) is 20.7. The lowest BCUT2D eigenvalue weighted by Gasteiger charge is -2.24. The normalized spacial score (nSPS) is 20.9. The Morgan fingerprint density at radius 1 is 0.280 bits per heavy atom. The zero-order valence-electron chi connectivity index (χ0n) is 83.7. The lowest BCUT2D eigenvalue weighted by molar-refractivity contribution is -0.139. The highest BCUT2D eigenvalue weighted by molar-refractivity contribution is 8.02. The summed E-state index contributed by atoms with van der Waals surface area (Å²) in [5.41, 5.74) is 0. The van der Waals surface area contributed by atoms with Gasteiger partial charge >= 0.3 is 0 Å². The van der Waals surface area contributed by atoms with Crippen LogP contribution in [0.1, 0.15) is 251 Å². The van der Waals surface area contributed by atoms with Gasteiger partial charge < -0.3 is 5.32 Å². The number of thioether (sulfide) groups is 6. The third kappa shape index (κ3) is 48.6. The van der Waals surface area contributed by atoms with E-state index in [4.69, 9.17) is 0 Å². The van der Waals surface area contributed by atoms with Crippen molar-refractivity contribution in [1.29, 1.82) is 0 Å². The Labute approximate surface area is 817 Å². The largest absolute Gasteiger partial charge is 0.313 e. The number of amides is 12. The number of nitrogens with zero attached hydrogens (tertiary/aromatic N) is 6. The number of hydrogen-bond donors (Lipinski definition) is 9. The van der Waals surface area contributed by atoms with Crippen molar-refractivity contribution in [2.24, 2.45) is 29.6 Å². The fourth-order valence-corrected chi connectivity index (χ4v) is 29.0. The van der Waals surface area contributed by atoms with Crippen molar-refractivity contribution in [3.05, 3.63) is 0 Å². The van der Waals surface area contributed by atoms with E-state index in [1.54, 1.807) is 37.4 Å². The fourth-order valence-electron chi connectivity index (χ4n) is 13.6. The summed E-state index contributed by atoms with van der Waals surface area (Å²) < 4.78 is 92.6. The summed E-state index contributed by atoms with van der Waals surface area (Å²) in [6.07, 6.45) is 6.49. The Morgan fingerprint density at radius 3 is 0.720 bits per heavy atom.